The topological polar surface area (TPSA) is 9.23 Å². The van der Waals surface area contributed by atoms with E-state index >= 15 is 0 Å². The van der Waals surface area contributed by atoms with Crippen LogP contribution in [-0.4, -0.2) is 0 Å². The molecule has 0 unspecified atom stereocenters. The second kappa shape index (κ2) is 6.35. The summed E-state index contributed by atoms with van der Waals surface area (Å²) in [5.74, 6) is -0.231. The summed E-state index contributed by atoms with van der Waals surface area (Å²) in [4.78, 5) is 0. The minimum atomic E-state index is -0.617. The highest BCUT2D eigenvalue weighted by Crippen LogP contribution is 2.27. The molecule has 0 aliphatic heterocycles. The summed E-state index contributed by atoms with van der Waals surface area (Å²) in [7, 11) is 0. The van der Waals surface area contributed by atoms with Crippen LogP contribution in [0.15, 0.2) is 40.9 Å². The Bertz CT molecular complexity index is 590. The Morgan fingerprint density at radius 1 is 1.11 bits per heavy atom. The number of hydrogen-bond acceptors (Lipinski definition) is 1. The molecule has 0 radical (unpaired) electrons. The Morgan fingerprint density at radius 3 is 2.53 bits per heavy atom. The van der Waals surface area contributed by atoms with Crippen molar-refractivity contribution in [3.05, 3.63) is 63.6 Å². The van der Waals surface area contributed by atoms with Gasteiger partial charge in [0.25, 0.3) is 0 Å². The lowest BCUT2D eigenvalue weighted by Crippen LogP contribution is -1.99. The van der Waals surface area contributed by atoms with Crippen LogP contribution in [0.2, 0.25) is 0 Å². The molecule has 0 aromatic heterocycles. The fraction of sp³-hybridized carbons (Fsp3) is 0.143. The van der Waals surface area contributed by atoms with Gasteiger partial charge >= 0.3 is 0 Å². The number of halogens is 4. The summed E-state index contributed by atoms with van der Waals surface area (Å²) >= 11 is 9.07. The van der Waals surface area contributed by atoms with Gasteiger partial charge in [-0.25, -0.2) is 8.78 Å². The first-order valence-electron chi connectivity index (χ1n) is 5.51. The van der Waals surface area contributed by atoms with Crippen molar-refractivity contribution in [2.45, 2.75) is 12.5 Å². The Balaban J connectivity index is 2.10. The average Bonchev–Trinajstić information content (AvgIpc) is 2.39. The van der Waals surface area contributed by atoms with E-state index in [0.29, 0.717) is 17.2 Å². The van der Waals surface area contributed by atoms with E-state index in [0.717, 1.165) is 16.1 Å². The van der Waals surface area contributed by atoms with E-state index in [1.54, 1.807) is 6.07 Å². The predicted molar refractivity (Wildman–Crippen MR) is 74.4 cm³/mol. The Labute approximate surface area is 123 Å². The smallest absolute Gasteiger partial charge is 0.134 e. The molecule has 0 N–H and O–H groups in total. The fourth-order valence-corrected chi connectivity index (χ4v) is 2.25. The van der Waals surface area contributed by atoms with Gasteiger partial charge in [0.2, 0.25) is 0 Å². The molecule has 1 nitrogen and oxygen atoms in total. The maximum absolute atomic E-state index is 13.4. The van der Waals surface area contributed by atoms with E-state index in [2.05, 4.69) is 15.9 Å². The Kier molecular flexibility index (Phi) is 4.77. The number of rotatable bonds is 4. The van der Waals surface area contributed by atoms with Crippen molar-refractivity contribution in [1.29, 1.82) is 0 Å². The van der Waals surface area contributed by atoms with E-state index in [1.165, 1.54) is 12.1 Å². The lowest BCUT2D eigenvalue weighted by Gasteiger charge is -2.10. The van der Waals surface area contributed by atoms with Crippen molar-refractivity contribution in [1.82, 2.24) is 0 Å². The molecule has 0 atom stereocenters. The minimum absolute atomic E-state index is 0.0327. The maximum atomic E-state index is 13.4. The van der Waals surface area contributed by atoms with Gasteiger partial charge in [-0.15, -0.1) is 11.6 Å². The molecular weight excluding hydrogens is 338 g/mol. The highest BCUT2D eigenvalue weighted by molar-refractivity contribution is 9.10. The van der Waals surface area contributed by atoms with Crippen LogP contribution < -0.4 is 4.74 Å². The second-order valence-electron chi connectivity index (χ2n) is 3.92. The predicted octanol–water partition coefficient (Wildman–Crippen LogP) is 5.05. The quantitative estimate of drug-likeness (QED) is 0.704. The van der Waals surface area contributed by atoms with Gasteiger partial charge in [-0.3, -0.25) is 0 Å². The third kappa shape index (κ3) is 3.67. The van der Waals surface area contributed by atoms with Crippen LogP contribution in [0.1, 0.15) is 11.1 Å². The van der Waals surface area contributed by atoms with Crippen molar-refractivity contribution < 1.29 is 13.5 Å². The molecule has 2 rings (SSSR count). The van der Waals surface area contributed by atoms with Crippen LogP contribution >= 0.6 is 27.5 Å². The monoisotopic (exact) mass is 346 g/mol. The van der Waals surface area contributed by atoms with E-state index in [9.17, 15) is 8.78 Å². The first-order chi connectivity index (χ1) is 9.10. The lowest BCUT2D eigenvalue weighted by molar-refractivity contribution is 0.297. The molecule has 0 saturated carbocycles. The summed E-state index contributed by atoms with van der Waals surface area (Å²) in [6, 6.07) is 8.82. The average molecular weight is 348 g/mol. The molecular formula is C14H10BrClF2O. The van der Waals surface area contributed by atoms with E-state index in [1.807, 2.05) is 12.1 Å². The van der Waals surface area contributed by atoms with Gasteiger partial charge in [-0.1, -0.05) is 6.07 Å². The number of alkyl halides is 1. The zero-order chi connectivity index (χ0) is 13.8. The van der Waals surface area contributed by atoms with Gasteiger partial charge < -0.3 is 4.74 Å². The number of ether oxygens (including phenoxy) is 1. The summed E-state index contributed by atoms with van der Waals surface area (Å²) < 4.78 is 32.4. The molecule has 100 valence electrons. The molecule has 2 aromatic rings. The molecule has 19 heavy (non-hydrogen) atoms. The summed E-state index contributed by atoms with van der Waals surface area (Å²) in [6.45, 7) is 0.0327. The highest BCUT2D eigenvalue weighted by Gasteiger charge is 2.07. The third-order valence-corrected chi connectivity index (χ3v) is 3.48. The molecule has 0 aliphatic carbocycles. The van der Waals surface area contributed by atoms with Crippen LogP contribution in [0.5, 0.6) is 5.75 Å². The Hall–Kier alpha value is -1.13. The maximum Gasteiger partial charge on any atom is 0.134 e. The van der Waals surface area contributed by atoms with Crippen molar-refractivity contribution >= 4 is 27.5 Å². The fourth-order valence-electron chi connectivity index (χ4n) is 1.54. The molecule has 0 saturated heterocycles. The van der Waals surface area contributed by atoms with Crippen molar-refractivity contribution in [3.63, 3.8) is 0 Å². The van der Waals surface area contributed by atoms with Gasteiger partial charge in [0, 0.05) is 17.5 Å². The molecule has 5 heteroatoms. The number of hydrogen-bond donors (Lipinski definition) is 0. The van der Waals surface area contributed by atoms with Crippen molar-refractivity contribution in [3.8, 4) is 5.75 Å². The van der Waals surface area contributed by atoms with Gasteiger partial charge in [-0.05, 0) is 45.8 Å². The van der Waals surface area contributed by atoms with E-state index in [-0.39, 0.29) is 6.61 Å². The van der Waals surface area contributed by atoms with Gasteiger partial charge in [0.15, 0.2) is 0 Å². The molecule has 2 aromatic carbocycles. The summed E-state index contributed by atoms with van der Waals surface area (Å²) in [6.07, 6.45) is 0. The molecule has 0 spiro atoms. The normalized spacial score (nSPS) is 10.5. The summed E-state index contributed by atoms with van der Waals surface area (Å²) in [5.41, 5.74) is 1.25. The van der Waals surface area contributed by atoms with Gasteiger partial charge in [0.1, 0.15) is 24.0 Å². The van der Waals surface area contributed by atoms with Crippen molar-refractivity contribution in [2.24, 2.45) is 0 Å². The van der Waals surface area contributed by atoms with Crippen LogP contribution in [0.4, 0.5) is 8.78 Å². The van der Waals surface area contributed by atoms with Gasteiger partial charge in [-0.2, -0.15) is 0 Å². The SMILES string of the molecule is Fc1ccc(COc2ccc(CCl)cc2Br)c(F)c1. The zero-order valence-corrected chi connectivity index (χ0v) is 12.1. The zero-order valence-electron chi connectivity index (χ0n) is 9.80. The van der Waals surface area contributed by atoms with Gasteiger partial charge in [0.05, 0.1) is 4.47 Å². The van der Waals surface area contributed by atoms with Crippen LogP contribution in [0, 0.1) is 11.6 Å². The lowest BCUT2D eigenvalue weighted by atomic mass is 10.2. The van der Waals surface area contributed by atoms with E-state index in [4.69, 9.17) is 16.3 Å². The second-order valence-corrected chi connectivity index (χ2v) is 5.04. The summed E-state index contributed by atoms with van der Waals surface area (Å²) in [5, 5.41) is 0. The first-order valence-corrected chi connectivity index (χ1v) is 6.84. The van der Waals surface area contributed by atoms with Crippen LogP contribution in [0.3, 0.4) is 0 Å². The van der Waals surface area contributed by atoms with Crippen LogP contribution in [-0.2, 0) is 12.5 Å². The van der Waals surface area contributed by atoms with Crippen molar-refractivity contribution in [2.75, 3.05) is 0 Å². The largest absolute Gasteiger partial charge is 0.488 e. The number of benzene rings is 2. The first kappa shape index (κ1) is 14.3. The standard InChI is InChI=1S/C14H10BrClF2O/c15-12-5-9(7-16)1-4-14(12)19-8-10-2-3-11(17)6-13(10)18/h1-6H,7-8H2. The highest BCUT2D eigenvalue weighted by atomic mass is 79.9. The third-order valence-electron chi connectivity index (χ3n) is 2.55. The Morgan fingerprint density at radius 2 is 1.89 bits per heavy atom. The molecule has 0 fully saturated rings. The molecule has 0 amide bonds. The molecule has 0 bridgehead atoms. The van der Waals surface area contributed by atoms with Crippen LogP contribution in [0.25, 0.3) is 0 Å². The molecule has 0 aliphatic rings. The van der Waals surface area contributed by atoms with E-state index < -0.39 is 11.6 Å². The minimum Gasteiger partial charge on any atom is -0.488 e. The molecule has 0 heterocycles.